The first-order valence-corrected chi connectivity index (χ1v) is 7.07. The number of aryl methyl sites for hydroxylation is 1. The zero-order valence-electron chi connectivity index (χ0n) is 11.1. The van der Waals surface area contributed by atoms with Crippen LogP contribution < -0.4 is 4.90 Å². The van der Waals surface area contributed by atoms with Crippen LogP contribution in [0.5, 0.6) is 0 Å². The minimum atomic E-state index is 0.801. The summed E-state index contributed by atoms with van der Waals surface area (Å²) in [7, 11) is 2.25. The Balaban J connectivity index is 1.91. The molecule has 1 aromatic carbocycles. The quantitative estimate of drug-likeness (QED) is 0.700. The highest BCUT2D eigenvalue weighted by Gasteiger charge is 2.33. The van der Waals surface area contributed by atoms with Crippen molar-refractivity contribution < 1.29 is 0 Å². The van der Waals surface area contributed by atoms with E-state index in [4.69, 9.17) is 0 Å². The molecule has 2 aliphatic rings. The summed E-state index contributed by atoms with van der Waals surface area (Å²) < 4.78 is 0. The molecule has 1 heteroatoms. The zero-order chi connectivity index (χ0) is 11.8. The van der Waals surface area contributed by atoms with E-state index in [-0.39, 0.29) is 0 Å². The van der Waals surface area contributed by atoms with Gasteiger partial charge in [-0.05, 0) is 37.3 Å². The molecule has 0 spiro atoms. The minimum Gasteiger partial charge on any atom is -0.374 e. The van der Waals surface area contributed by atoms with Gasteiger partial charge in [-0.1, -0.05) is 37.0 Å². The van der Waals surface area contributed by atoms with Crippen LogP contribution in [0.25, 0.3) is 0 Å². The lowest BCUT2D eigenvalue weighted by Gasteiger charge is -2.28. The van der Waals surface area contributed by atoms with Crippen molar-refractivity contribution in [1.29, 1.82) is 0 Å². The lowest BCUT2D eigenvalue weighted by atomic mass is 9.77. The number of hydrogen-bond donors (Lipinski definition) is 0. The van der Waals surface area contributed by atoms with Crippen molar-refractivity contribution in [1.82, 2.24) is 0 Å². The van der Waals surface area contributed by atoms with Crippen molar-refractivity contribution in [2.24, 2.45) is 5.92 Å². The monoisotopic (exact) mass is 229 g/mol. The number of anilines is 1. The second kappa shape index (κ2) is 4.36. The Bertz CT molecular complexity index is 404. The lowest BCUT2D eigenvalue weighted by molar-refractivity contribution is 0.313. The summed E-state index contributed by atoms with van der Waals surface area (Å²) in [6.07, 6.45) is 7.26. The Morgan fingerprint density at radius 1 is 1.12 bits per heavy atom. The predicted octanol–water partition coefficient (Wildman–Crippen LogP) is 4.11. The van der Waals surface area contributed by atoms with Crippen LogP contribution in [0.2, 0.25) is 0 Å². The molecule has 0 saturated heterocycles. The van der Waals surface area contributed by atoms with Crippen LogP contribution in [-0.2, 0) is 0 Å². The van der Waals surface area contributed by atoms with Gasteiger partial charge in [-0.2, -0.15) is 0 Å². The Kier molecular flexibility index (Phi) is 2.85. The summed E-state index contributed by atoms with van der Waals surface area (Å²) in [5, 5.41) is 0. The summed E-state index contributed by atoms with van der Waals surface area (Å²) in [6, 6.07) is 6.99. The van der Waals surface area contributed by atoms with Crippen molar-refractivity contribution in [3.05, 3.63) is 29.3 Å². The van der Waals surface area contributed by atoms with Crippen molar-refractivity contribution in [3.8, 4) is 0 Å². The third-order valence-electron chi connectivity index (χ3n) is 4.68. The number of rotatable bonds is 1. The van der Waals surface area contributed by atoms with Crippen LogP contribution in [0.1, 0.15) is 49.1 Å². The van der Waals surface area contributed by atoms with Crippen LogP contribution in [0.3, 0.4) is 0 Å². The lowest BCUT2D eigenvalue weighted by Crippen LogP contribution is -2.22. The number of nitrogens with zero attached hydrogens (tertiary/aromatic N) is 1. The van der Waals surface area contributed by atoms with Gasteiger partial charge in [0.15, 0.2) is 0 Å². The van der Waals surface area contributed by atoms with Gasteiger partial charge in [0.05, 0.1) is 0 Å². The van der Waals surface area contributed by atoms with Gasteiger partial charge in [0, 0.05) is 25.2 Å². The molecule has 0 aromatic heterocycles. The summed E-state index contributed by atoms with van der Waals surface area (Å²) >= 11 is 0. The first-order chi connectivity index (χ1) is 8.25. The third kappa shape index (κ3) is 1.96. The van der Waals surface area contributed by atoms with Crippen LogP contribution >= 0.6 is 0 Å². The molecule has 1 heterocycles. The van der Waals surface area contributed by atoms with Gasteiger partial charge in [0.25, 0.3) is 0 Å². The van der Waals surface area contributed by atoms with Gasteiger partial charge in [0.1, 0.15) is 0 Å². The molecule has 1 fully saturated rings. The van der Waals surface area contributed by atoms with Crippen LogP contribution in [0.15, 0.2) is 18.2 Å². The fourth-order valence-electron chi connectivity index (χ4n) is 3.75. The molecule has 1 aliphatic heterocycles. The van der Waals surface area contributed by atoms with Gasteiger partial charge >= 0.3 is 0 Å². The molecule has 0 amide bonds. The topological polar surface area (TPSA) is 3.24 Å². The fraction of sp³-hybridized carbons (Fsp3) is 0.625. The van der Waals surface area contributed by atoms with Crippen molar-refractivity contribution >= 4 is 5.69 Å². The Morgan fingerprint density at radius 2 is 1.88 bits per heavy atom. The molecule has 0 N–H and O–H groups in total. The Morgan fingerprint density at radius 3 is 2.65 bits per heavy atom. The zero-order valence-corrected chi connectivity index (χ0v) is 11.1. The Labute approximate surface area is 105 Å². The molecule has 1 unspecified atom stereocenters. The molecule has 1 saturated carbocycles. The van der Waals surface area contributed by atoms with E-state index >= 15 is 0 Å². The normalized spacial score (nSPS) is 25.1. The molecular formula is C16H23N. The highest BCUT2D eigenvalue weighted by molar-refractivity contribution is 5.60. The molecule has 1 aromatic rings. The van der Waals surface area contributed by atoms with Crippen molar-refractivity contribution in [3.63, 3.8) is 0 Å². The summed E-state index contributed by atoms with van der Waals surface area (Å²) in [6.45, 7) is 3.46. The molecule has 1 atom stereocenters. The minimum absolute atomic E-state index is 0.801. The molecule has 3 rings (SSSR count). The number of fused-ring (bicyclic) bond motifs is 1. The number of benzene rings is 1. The summed E-state index contributed by atoms with van der Waals surface area (Å²) in [5.74, 6) is 1.74. The Hall–Kier alpha value is -0.980. The summed E-state index contributed by atoms with van der Waals surface area (Å²) in [4.78, 5) is 2.45. The average Bonchev–Trinajstić information content (AvgIpc) is 2.67. The SMILES string of the molecule is Cc1ccc2c(c1)C(C1CCCCC1)CN2C. The van der Waals surface area contributed by atoms with E-state index < -0.39 is 0 Å². The van der Waals surface area contributed by atoms with Crippen LogP contribution in [-0.4, -0.2) is 13.6 Å². The average molecular weight is 229 g/mol. The number of likely N-dealkylation sites (N-methyl/N-ethyl adjacent to an activating group) is 1. The van der Waals surface area contributed by atoms with E-state index in [1.54, 1.807) is 5.56 Å². The third-order valence-corrected chi connectivity index (χ3v) is 4.68. The predicted molar refractivity (Wildman–Crippen MR) is 73.8 cm³/mol. The van der Waals surface area contributed by atoms with E-state index in [1.807, 2.05) is 0 Å². The van der Waals surface area contributed by atoms with Crippen molar-refractivity contribution in [2.45, 2.75) is 44.9 Å². The molecule has 0 bridgehead atoms. The van der Waals surface area contributed by atoms with Gasteiger partial charge in [-0.3, -0.25) is 0 Å². The van der Waals surface area contributed by atoms with Gasteiger partial charge in [-0.25, -0.2) is 0 Å². The highest BCUT2D eigenvalue weighted by atomic mass is 15.1. The second-order valence-corrected chi connectivity index (χ2v) is 5.95. The van der Waals surface area contributed by atoms with E-state index in [0.717, 1.165) is 11.8 Å². The maximum Gasteiger partial charge on any atom is 0.0400 e. The van der Waals surface area contributed by atoms with E-state index in [1.165, 1.54) is 49.9 Å². The molecule has 1 aliphatic carbocycles. The van der Waals surface area contributed by atoms with Gasteiger partial charge in [0.2, 0.25) is 0 Å². The maximum absolute atomic E-state index is 2.45. The standard InChI is InChI=1S/C16H23N/c1-12-8-9-16-14(10-12)15(11-17(16)2)13-6-4-3-5-7-13/h8-10,13,15H,3-7,11H2,1-2H3. The summed E-state index contributed by atoms with van der Waals surface area (Å²) in [5.41, 5.74) is 4.52. The molecule has 1 nitrogen and oxygen atoms in total. The largest absolute Gasteiger partial charge is 0.374 e. The highest BCUT2D eigenvalue weighted by Crippen LogP contribution is 2.44. The van der Waals surface area contributed by atoms with Crippen molar-refractivity contribution in [2.75, 3.05) is 18.5 Å². The maximum atomic E-state index is 2.45. The number of hydrogen-bond acceptors (Lipinski definition) is 1. The van der Waals surface area contributed by atoms with E-state index in [2.05, 4.69) is 37.1 Å². The van der Waals surface area contributed by atoms with E-state index in [9.17, 15) is 0 Å². The van der Waals surface area contributed by atoms with Gasteiger partial charge < -0.3 is 4.90 Å². The van der Waals surface area contributed by atoms with Gasteiger partial charge in [-0.15, -0.1) is 0 Å². The smallest absolute Gasteiger partial charge is 0.0400 e. The first-order valence-electron chi connectivity index (χ1n) is 7.07. The second-order valence-electron chi connectivity index (χ2n) is 5.95. The van der Waals surface area contributed by atoms with Crippen LogP contribution in [0, 0.1) is 12.8 Å². The van der Waals surface area contributed by atoms with Crippen LogP contribution in [0.4, 0.5) is 5.69 Å². The molecular weight excluding hydrogens is 206 g/mol. The van der Waals surface area contributed by atoms with E-state index in [0.29, 0.717) is 0 Å². The fourth-order valence-corrected chi connectivity index (χ4v) is 3.75. The molecule has 0 radical (unpaired) electrons. The molecule has 17 heavy (non-hydrogen) atoms. The molecule has 92 valence electrons. The first kappa shape index (κ1) is 11.1.